The molecule has 0 saturated carbocycles. The molecule has 0 aromatic carbocycles. The summed E-state index contributed by atoms with van der Waals surface area (Å²) in [6.07, 6.45) is 1.42. The van der Waals surface area contributed by atoms with Gasteiger partial charge in [-0.15, -0.1) is 0 Å². The fraction of sp³-hybridized carbons (Fsp3) is 0.889. The second-order valence-electron chi connectivity index (χ2n) is 4.10. The molecule has 0 aromatic heterocycles. The zero-order valence-electron chi connectivity index (χ0n) is 8.09. The van der Waals surface area contributed by atoms with Gasteiger partial charge in [0.1, 0.15) is 0 Å². The smallest absolute Gasteiger partial charge is 0.0624 e. The molecule has 1 atom stereocenters. The molecule has 68 valence electrons. The van der Waals surface area contributed by atoms with Crippen molar-refractivity contribution in [1.82, 2.24) is 0 Å². The van der Waals surface area contributed by atoms with Crippen molar-refractivity contribution in [2.24, 2.45) is 16.4 Å². The standard InChI is InChI=1S/C9H17N3/c1-9(2,3)8(4-6-10)5-7-12-11/h8,11H,4-5,7H2,1-3H3. The highest BCUT2D eigenvalue weighted by Crippen LogP contribution is 2.30. The highest BCUT2D eigenvalue weighted by atomic mass is 14.9. The van der Waals surface area contributed by atoms with Gasteiger partial charge in [0.15, 0.2) is 0 Å². The summed E-state index contributed by atoms with van der Waals surface area (Å²) < 4.78 is 0. The summed E-state index contributed by atoms with van der Waals surface area (Å²) >= 11 is 0. The van der Waals surface area contributed by atoms with E-state index >= 15 is 0 Å². The minimum absolute atomic E-state index is 0.153. The molecule has 0 bridgehead atoms. The summed E-state index contributed by atoms with van der Waals surface area (Å²) in [5, 5.41) is 11.9. The van der Waals surface area contributed by atoms with E-state index < -0.39 is 0 Å². The van der Waals surface area contributed by atoms with E-state index in [1.54, 1.807) is 0 Å². The maximum Gasteiger partial charge on any atom is 0.0624 e. The van der Waals surface area contributed by atoms with E-state index in [1.165, 1.54) is 0 Å². The zero-order chi connectivity index (χ0) is 9.61. The SMILES string of the molecule is CC(C)(C)C(CC#N)CCN=N. The zero-order valence-corrected chi connectivity index (χ0v) is 8.09. The second kappa shape index (κ2) is 4.87. The Kier molecular flexibility index (Phi) is 4.50. The first-order chi connectivity index (χ1) is 5.52. The van der Waals surface area contributed by atoms with E-state index in [0.29, 0.717) is 18.9 Å². The summed E-state index contributed by atoms with van der Waals surface area (Å²) in [7, 11) is 0. The Morgan fingerprint density at radius 1 is 1.50 bits per heavy atom. The lowest BCUT2D eigenvalue weighted by Crippen LogP contribution is -2.20. The van der Waals surface area contributed by atoms with Gasteiger partial charge in [0.05, 0.1) is 12.6 Å². The first-order valence-corrected chi connectivity index (χ1v) is 4.22. The van der Waals surface area contributed by atoms with E-state index in [1.807, 2.05) is 0 Å². The Morgan fingerprint density at radius 3 is 2.42 bits per heavy atom. The van der Waals surface area contributed by atoms with Gasteiger partial charge in [0, 0.05) is 6.42 Å². The number of rotatable bonds is 4. The van der Waals surface area contributed by atoms with E-state index in [4.69, 9.17) is 10.8 Å². The van der Waals surface area contributed by atoms with Crippen molar-refractivity contribution >= 4 is 0 Å². The maximum absolute atomic E-state index is 8.57. The molecule has 12 heavy (non-hydrogen) atoms. The van der Waals surface area contributed by atoms with Crippen molar-refractivity contribution < 1.29 is 0 Å². The summed E-state index contributed by atoms with van der Waals surface area (Å²) in [5.74, 6) is 0.358. The van der Waals surface area contributed by atoms with Crippen LogP contribution in [0.5, 0.6) is 0 Å². The largest absolute Gasteiger partial charge is 0.210 e. The molecule has 1 N–H and O–H groups in total. The molecule has 0 aliphatic carbocycles. The predicted molar refractivity (Wildman–Crippen MR) is 47.8 cm³/mol. The van der Waals surface area contributed by atoms with Crippen molar-refractivity contribution in [2.45, 2.75) is 33.6 Å². The average Bonchev–Trinajstić information content (AvgIpc) is 1.95. The van der Waals surface area contributed by atoms with Crippen LogP contribution in [0.25, 0.3) is 0 Å². The van der Waals surface area contributed by atoms with Crippen LogP contribution in [0.4, 0.5) is 0 Å². The van der Waals surface area contributed by atoms with Gasteiger partial charge in [-0.1, -0.05) is 20.8 Å². The molecule has 0 heterocycles. The molecule has 0 aliphatic heterocycles. The third-order valence-corrected chi connectivity index (χ3v) is 2.15. The highest BCUT2D eigenvalue weighted by molar-refractivity contribution is 4.83. The minimum Gasteiger partial charge on any atom is -0.210 e. The molecule has 1 unspecified atom stereocenters. The molecule has 3 nitrogen and oxygen atoms in total. The molecule has 0 rings (SSSR count). The molecule has 0 amide bonds. The molecular formula is C9H17N3. The first kappa shape index (κ1) is 11.1. The lowest BCUT2D eigenvalue weighted by Gasteiger charge is -2.28. The molecule has 0 radical (unpaired) electrons. The summed E-state index contributed by atoms with van der Waals surface area (Å²) in [6.45, 7) is 6.92. The molecule has 0 saturated heterocycles. The molecule has 0 aliphatic rings. The van der Waals surface area contributed by atoms with Crippen molar-refractivity contribution in [2.75, 3.05) is 6.54 Å². The van der Waals surface area contributed by atoms with Crippen LogP contribution >= 0.6 is 0 Å². The molecule has 0 aromatic rings. The van der Waals surface area contributed by atoms with Crippen molar-refractivity contribution in [3.63, 3.8) is 0 Å². The van der Waals surface area contributed by atoms with Crippen molar-refractivity contribution in [1.29, 1.82) is 10.8 Å². The number of hydrogen-bond donors (Lipinski definition) is 1. The summed E-state index contributed by atoms with van der Waals surface area (Å²) in [4.78, 5) is 0. The van der Waals surface area contributed by atoms with Crippen LogP contribution in [-0.2, 0) is 0 Å². The molecule has 3 heteroatoms. The van der Waals surface area contributed by atoms with Gasteiger partial charge in [0.2, 0.25) is 0 Å². The van der Waals surface area contributed by atoms with Crippen LogP contribution in [0.15, 0.2) is 5.11 Å². The third-order valence-electron chi connectivity index (χ3n) is 2.15. The van der Waals surface area contributed by atoms with Crippen LogP contribution in [0.1, 0.15) is 33.6 Å². The fourth-order valence-corrected chi connectivity index (χ4v) is 1.17. The Morgan fingerprint density at radius 2 is 2.08 bits per heavy atom. The minimum atomic E-state index is 0.153. The van der Waals surface area contributed by atoms with Crippen LogP contribution < -0.4 is 0 Å². The van der Waals surface area contributed by atoms with Gasteiger partial charge in [-0.2, -0.15) is 10.4 Å². The van der Waals surface area contributed by atoms with Crippen LogP contribution in [0.3, 0.4) is 0 Å². The molecule has 0 spiro atoms. The fourth-order valence-electron chi connectivity index (χ4n) is 1.17. The topological polar surface area (TPSA) is 60.0 Å². The van der Waals surface area contributed by atoms with E-state index in [0.717, 1.165) is 6.42 Å². The van der Waals surface area contributed by atoms with Crippen LogP contribution in [0.2, 0.25) is 0 Å². The number of nitriles is 1. The van der Waals surface area contributed by atoms with E-state index in [9.17, 15) is 0 Å². The van der Waals surface area contributed by atoms with Crippen LogP contribution in [0, 0.1) is 28.2 Å². The van der Waals surface area contributed by atoms with Gasteiger partial charge in [-0.05, 0) is 17.8 Å². The third kappa shape index (κ3) is 4.07. The quantitative estimate of drug-likeness (QED) is 0.643. The Balaban J connectivity index is 4.05. The maximum atomic E-state index is 8.57. The second-order valence-corrected chi connectivity index (χ2v) is 4.10. The average molecular weight is 167 g/mol. The summed E-state index contributed by atoms with van der Waals surface area (Å²) in [5.41, 5.74) is 6.83. The van der Waals surface area contributed by atoms with Gasteiger partial charge >= 0.3 is 0 Å². The van der Waals surface area contributed by atoms with E-state index in [2.05, 4.69) is 32.0 Å². The molecular weight excluding hydrogens is 150 g/mol. The van der Waals surface area contributed by atoms with Crippen molar-refractivity contribution in [3.8, 4) is 6.07 Å². The normalized spacial score (nSPS) is 13.5. The Labute approximate surface area is 74.3 Å². The van der Waals surface area contributed by atoms with Gasteiger partial charge in [-0.3, -0.25) is 0 Å². The van der Waals surface area contributed by atoms with Crippen molar-refractivity contribution in [3.05, 3.63) is 0 Å². The number of nitrogens with zero attached hydrogens (tertiary/aromatic N) is 2. The Bertz CT molecular complexity index is 173. The first-order valence-electron chi connectivity index (χ1n) is 4.22. The summed E-state index contributed by atoms with van der Waals surface area (Å²) in [6, 6.07) is 2.18. The van der Waals surface area contributed by atoms with Crippen LogP contribution in [-0.4, -0.2) is 6.54 Å². The number of hydrogen-bond acceptors (Lipinski definition) is 3. The monoisotopic (exact) mass is 167 g/mol. The highest BCUT2D eigenvalue weighted by Gasteiger charge is 2.23. The predicted octanol–water partition coefficient (Wildman–Crippen LogP) is 2.98. The van der Waals surface area contributed by atoms with Gasteiger partial charge in [-0.25, -0.2) is 5.53 Å². The van der Waals surface area contributed by atoms with Gasteiger partial charge < -0.3 is 0 Å². The lowest BCUT2D eigenvalue weighted by atomic mass is 9.77. The van der Waals surface area contributed by atoms with E-state index in [-0.39, 0.29) is 5.41 Å². The number of nitrogens with one attached hydrogen (secondary N) is 1. The Hall–Kier alpha value is -0.910. The lowest BCUT2D eigenvalue weighted by molar-refractivity contribution is 0.232. The van der Waals surface area contributed by atoms with Gasteiger partial charge in [0.25, 0.3) is 0 Å². The molecule has 0 fully saturated rings.